The minimum absolute atomic E-state index is 0.694. The first-order chi connectivity index (χ1) is 9.15. The third kappa shape index (κ3) is 2.29. The van der Waals surface area contributed by atoms with E-state index in [9.17, 15) is 0 Å². The number of thiol groups is 1. The van der Waals surface area contributed by atoms with Gasteiger partial charge in [0.1, 0.15) is 0 Å². The molecule has 0 aliphatic carbocycles. The van der Waals surface area contributed by atoms with Gasteiger partial charge in [0.05, 0.1) is 23.1 Å². The van der Waals surface area contributed by atoms with Crippen molar-refractivity contribution in [2.45, 2.75) is 0 Å². The van der Waals surface area contributed by atoms with E-state index in [1.54, 1.807) is 4.31 Å². The molecule has 0 saturated carbocycles. The number of halogens is 1. The van der Waals surface area contributed by atoms with E-state index in [-0.39, 0.29) is 0 Å². The van der Waals surface area contributed by atoms with Gasteiger partial charge in [-0.15, -0.1) is 0 Å². The van der Waals surface area contributed by atoms with Gasteiger partial charge >= 0.3 is 0 Å². The normalized spacial score (nSPS) is 10.9. The standard InChI is InChI=1S/C14H12ClN3S/c1-17-14-6-5-13(7-10(14)9-16-17)18(19)12-4-2-3-11(15)8-12/h2-9,19H,1H3. The first-order valence-corrected chi connectivity index (χ1v) is 6.59. The molecule has 0 unspecified atom stereocenters. The lowest BCUT2D eigenvalue weighted by molar-refractivity contribution is 0.797. The fourth-order valence-corrected chi connectivity index (χ4v) is 2.47. The van der Waals surface area contributed by atoms with Crippen LogP contribution in [0.1, 0.15) is 0 Å². The van der Waals surface area contributed by atoms with Crippen molar-refractivity contribution in [1.29, 1.82) is 0 Å². The highest BCUT2D eigenvalue weighted by Crippen LogP contribution is 2.31. The summed E-state index contributed by atoms with van der Waals surface area (Å²) in [6.07, 6.45) is 1.85. The first kappa shape index (κ1) is 12.4. The fourth-order valence-electron chi connectivity index (χ4n) is 2.04. The van der Waals surface area contributed by atoms with Gasteiger partial charge in [-0.2, -0.15) is 5.10 Å². The van der Waals surface area contributed by atoms with Crippen molar-refractivity contribution in [2.75, 3.05) is 4.31 Å². The van der Waals surface area contributed by atoms with E-state index < -0.39 is 0 Å². The van der Waals surface area contributed by atoms with Crippen molar-refractivity contribution in [3.05, 3.63) is 53.7 Å². The largest absolute Gasteiger partial charge is 0.287 e. The van der Waals surface area contributed by atoms with Crippen LogP contribution in [0.4, 0.5) is 11.4 Å². The molecule has 2 aromatic carbocycles. The zero-order valence-corrected chi connectivity index (χ0v) is 11.9. The molecule has 3 rings (SSSR count). The van der Waals surface area contributed by atoms with Gasteiger partial charge in [0.15, 0.2) is 0 Å². The molecular formula is C14H12ClN3S. The molecule has 0 fully saturated rings. The summed E-state index contributed by atoms with van der Waals surface area (Å²) < 4.78 is 3.65. The molecular weight excluding hydrogens is 278 g/mol. The van der Waals surface area contributed by atoms with E-state index in [0.29, 0.717) is 5.02 Å². The van der Waals surface area contributed by atoms with Crippen LogP contribution in [0.15, 0.2) is 48.7 Å². The quantitative estimate of drug-likeness (QED) is 0.714. The Morgan fingerprint density at radius 3 is 2.74 bits per heavy atom. The number of hydrogen-bond acceptors (Lipinski definition) is 3. The lowest BCUT2D eigenvalue weighted by atomic mass is 10.2. The second-order valence-corrected chi connectivity index (χ2v) is 5.14. The number of rotatable bonds is 2. The average molecular weight is 290 g/mol. The van der Waals surface area contributed by atoms with Crippen molar-refractivity contribution in [2.24, 2.45) is 7.05 Å². The molecule has 0 atom stereocenters. The Bertz CT molecular complexity index is 738. The molecule has 0 N–H and O–H groups in total. The van der Waals surface area contributed by atoms with Gasteiger partial charge in [0.25, 0.3) is 0 Å². The first-order valence-electron chi connectivity index (χ1n) is 5.81. The van der Waals surface area contributed by atoms with E-state index in [1.165, 1.54) is 0 Å². The predicted molar refractivity (Wildman–Crippen MR) is 83.3 cm³/mol. The van der Waals surface area contributed by atoms with Crippen molar-refractivity contribution in [1.82, 2.24) is 9.78 Å². The fraction of sp³-hybridized carbons (Fsp3) is 0.0714. The SMILES string of the molecule is Cn1ncc2cc(N(S)c3cccc(Cl)c3)ccc21. The molecule has 0 aliphatic rings. The van der Waals surface area contributed by atoms with Crippen LogP contribution in [0.3, 0.4) is 0 Å². The van der Waals surface area contributed by atoms with Gasteiger partial charge in [0.2, 0.25) is 0 Å². The van der Waals surface area contributed by atoms with Gasteiger partial charge < -0.3 is 0 Å². The summed E-state index contributed by atoms with van der Waals surface area (Å²) in [6, 6.07) is 13.7. The third-order valence-corrected chi connectivity index (χ3v) is 3.72. The molecule has 0 amide bonds. The molecule has 3 nitrogen and oxygen atoms in total. The second-order valence-electron chi connectivity index (χ2n) is 4.30. The Labute approximate surface area is 121 Å². The molecule has 0 aliphatic heterocycles. The highest BCUT2D eigenvalue weighted by molar-refractivity contribution is 7.82. The molecule has 1 heterocycles. The molecule has 0 saturated heterocycles. The minimum atomic E-state index is 0.694. The average Bonchev–Trinajstić information content (AvgIpc) is 2.79. The molecule has 0 bridgehead atoms. The van der Waals surface area contributed by atoms with Gasteiger partial charge in [-0.05, 0) is 36.4 Å². The Morgan fingerprint density at radius 2 is 1.95 bits per heavy atom. The summed E-state index contributed by atoms with van der Waals surface area (Å²) in [6.45, 7) is 0. The monoisotopic (exact) mass is 289 g/mol. The maximum absolute atomic E-state index is 6.00. The van der Waals surface area contributed by atoms with Crippen LogP contribution in [0.2, 0.25) is 5.02 Å². The Kier molecular flexibility index (Phi) is 3.12. The van der Waals surface area contributed by atoms with Crippen LogP contribution in [0.5, 0.6) is 0 Å². The third-order valence-electron chi connectivity index (χ3n) is 3.03. The molecule has 0 spiro atoms. The van der Waals surface area contributed by atoms with E-state index in [2.05, 4.69) is 24.0 Å². The van der Waals surface area contributed by atoms with Crippen LogP contribution >= 0.6 is 24.4 Å². The van der Waals surface area contributed by atoms with Crippen LogP contribution in [-0.4, -0.2) is 9.78 Å². The van der Waals surface area contributed by atoms with Crippen molar-refractivity contribution in [3.8, 4) is 0 Å². The van der Waals surface area contributed by atoms with Crippen molar-refractivity contribution in [3.63, 3.8) is 0 Å². The molecule has 0 radical (unpaired) electrons. The second kappa shape index (κ2) is 4.79. The lowest BCUT2D eigenvalue weighted by Crippen LogP contribution is -2.01. The van der Waals surface area contributed by atoms with Gasteiger partial charge in [-0.25, -0.2) is 0 Å². The van der Waals surface area contributed by atoms with Crippen LogP contribution in [-0.2, 0) is 7.05 Å². The van der Waals surface area contributed by atoms with E-state index in [4.69, 9.17) is 11.6 Å². The number of anilines is 2. The summed E-state index contributed by atoms with van der Waals surface area (Å²) in [5.74, 6) is 0. The lowest BCUT2D eigenvalue weighted by Gasteiger charge is -2.18. The summed E-state index contributed by atoms with van der Waals surface area (Å²) >= 11 is 10.5. The van der Waals surface area contributed by atoms with Gasteiger partial charge in [0, 0.05) is 17.5 Å². The molecule has 3 aromatic rings. The maximum atomic E-state index is 6.00. The van der Waals surface area contributed by atoms with E-state index >= 15 is 0 Å². The van der Waals surface area contributed by atoms with Crippen LogP contribution < -0.4 is 4.31 Å². The Hall–Kier alpha value is -1.65. The number of nitrogens with zero attached hydrogens (tertiary/aromatic N) is 3. The summed E-state index contributed by atoms with van der Waals surface area (Å²) in [5, 5.41) is 6.01. The smallest absolute Gasteiger partial charge is 0.0680 e. The Balaban J connectivity index is 2.03. The van der Waals surface area contributed by atoms with E-state index in [0.717, 1.165) is 22.3 Å². The topological polar surface area (TPSA) is 21.1 Å². The summed E-state index contributed by atoms with van der Waals surface area (Å²) in [4.78, 5) is 0. The Morgan fingerprint density at radius 1 is 1.16 bits per heavy atom. The predicted octanol–water partition coefficient (Wildman–Crippen LogP) is 4.21. The summed E-state index contributed by atoms with van der Waals surface area (Å²) in [5.41, 5.74) is 3.00. The number of benzene rings is 2. The number of aryl methyl sites for hydroxylation is 1. The number of aromatic nitrogens is 2. The van der Waals surface area contributed by atoms with Crippen LogP contribution in [0, 0.1) is 0 Å². The molecule has 1 aromatic heterocycles. The molecule has 19 heavy (non-hydrogen) atoms. The van der Waals surface area contributed by atoms with Gasteiger partial charge in [-0.1, -0.05) is 30.5 Å². The van der Waals surface area contributed by atoms with Crippen LogP contribution in [0.25, 0.3) is 10.9 Å². The van der Waals surface area contributed by atoms with Crippen molar-refractivity contribution >= 4 is 46.7 Å². The van der Waals surface area contributed by atoms with Gasteiger partial charge in [-0.3, -0.25) is 8.99 Å². The highest BCUT2D eigenvalue weighted by Gasteiger charge is 2.08. The molecule has 5 heteroatoms. The minimum Gasteiger partial charge on any atom is -0.287 e. The maximum Gasteiger partial charge on any atom is 0.0680 e. The van der Waals surface area contributed by atoms with E-state index in [1.807, 2.05) is 54.3 Å². The number of fused-ring (bicyclic) bond motifs is 1. The zero-order valence-electron chi connectivity index (χ0n) is 10.3. The molecule has 96 valence electrons. The highest BCUT2D eigenvalue weighted by atomic mass is 35.5. The van der Waals surface area contributed by atoms with Crippen molar-refractivity contribution < 1.29 is 0 Å². The zero-order chi connectivity index (χ0) is 13.4. The summed E-state index contributed by atoms with van der Waals surface area (Å²) in [7, 11) is 1.93. The number of hydrogen-bond donors (Lipinski definition) is 1.